The van der Waals surface area contributed by atoms with Crippen molar-refractivity contribution < 1.29 is 18.8 Å². The van der Waals surface area contributed by atoms with E-state index in [1.165, 1.54) is 0 Å². The molecule has 0 unspecified atom stereocenters. The molecule has 31 heavy (non-hydrogen) atoms. The molecule has 3 aromatic rings. The maximum atomic E-state index is 12.7. The van der Waals surface area contributed by atoms with Crippen LogP contribution in [0.15, 0.2) is 52.6 Å². The van der Waals surface area contributed by atoms with E-state index in [4.69, 9.17) is 14.0 Å². The molecule has 0 aliphatic carbocycles. The van der Waals surface area contributed by atoms with Crippen LogP contribution in [0.25, 0.3) is 6.08 Å². The Bertz CT molecular complexity index is 1100. The quantitative estimate of drug-likeness (QED) is 0.602. The summed E-state index contributed by atoms with van der Waals surface area (Å²) in [6.07, 6.45) is 2.39. The number of carbonyl (C=O) groups is 1. The number of para-hydroxylation sites is 1. The second kappa shape index (κ2) is 9.04. The van der Waals surface area contributed by atoms with E-state index >= 15 is 0 Å². The van der Waals surface area contributed by atoms with Gasteiger partial charge in [-0.15, -0.1) is 0 Å². The van der Waals surface area contributed by atoms with Crippen molar-refractivity contribution in [3.63, 3.8) is 0 Å². The monoisotopic (exact) mass is 419 g/mol. The van der Waals surface area contributed by atoms with Gasteiger partial charge in [-0.3, -0.25) is 4.79 Å². The minimum Gasteiger partial charge on any atom is -0.490 e. The van der Waals surface area contributed by atoms with Crippen LogP contribution in [0.1, 0.15) is 49.5 Å². The molecule has 0 spiro atoms. The van der Waals surface area contributed by atoms with Gasteiger partial charge in [0.05, 0.1) is 18.6 Å². The van der Waals surface area contributed by atoms with Crippen molar-refractivity contribution in [1.82, 2.24) is 10.1 Å². The third-order valence-corrected chi connectivity index (χ3v) is 4.87. The van der Waals surface area contributed by atoms with E-state index in [1.807, 2.05) is 69.3 Å². The average molecular weight is 419 g/mol. The van der Waals surface area contributed by atoms with Crippen molar-refractivity contribution in [3.8, 4) is 11.5 Å². The summed E-state index contributed by atoms with van der Waals surface area (Å²) in [6, 6.07) is 13.2. The lowest BCUT2D eigenvalue weighted by atomic mass is 10.1. The van der Waals surface area contributed by atoms with E-state index in [0.717, 1.165) is 11.1 Å². The molecule has 1 aromatic heterocycles. The van der Waals surface area contributed by atoms with Gasteiger partial charge in [0.2, 0.25) is 5.89 Å². The van der Waals surface area contributed by atoms with Crippen molar-refractivity contribution in [2.45, 2.75) is 33.1 Å². The zero-order valence-corrected chi connectivity index (χ0v) is 17.8. The molecule has 160 valence electrons. The highest BCUT2D eigenvalue weighted by Gasteiger charge is 2.20. The Labute approximate surface area is 181 Å². The predicted molar refractivity (Wildman–Crippen MR) is 117 cm³/mol. The zero-order chi connectivity index (χ0) is 21.8. The summed E-state index contributed by atoms with van der Waals surface area (Å²) in [5.74, 6) is 2.68. The summed E-state index contributed by atoms with van der Waals surface area (Å²) in [6.45, 7) is 6.71. The molecular weight excluding hydrogens is 394 g/mol. The van der Waals surface area contributed by atoms with E-state index in [0.29, 0.717) is 47.5 Å². The molecule has 0 saturated carbocycles. The summed E-state index contributed by atoms with van der Waals surface area (Å²) >= 11 is 0. The maximum absolute atomic E-state index is 12.7. The van der Waals surface area contributed by atoms with Gasteiger partial charge in [0.15, 0.2) is 17.3 Å². The van der Waals surface area contributed by atoms with Crippen LogP contribution in [0.4, 0.5) is 5.69 Å². The first-order valence-corrected chi connectivity index (χ1v) is 10.4. The molecule has 0 fully saturated rings. The van der Waals surface area contributed by atoms with E-state index in [9.17, 15) is 4.79 Å². The molecule has 0 atom stereocenters. The fourth-order valence-corrected chi connectivity index (χ4v) is 3.25. The molecule has 0 radical (unpaired) electrons. The number of benzene rings is 2. The second-order valence-electron chi connectivity index (χ2n) is 7.59. The molecule has 1 N–H and O–H groups in total. The van der Waals surface area contributed by atoms with Gasteiger partial charge in [-0.2, -0.15) is 4.98 Å². The van der Waals surface area contributed by atoms with Crippen LogP contribution < -0.4 is 14.8 Å². The van der Waals surface area contributed by atoms with Crippen LogP contribution in [-0.4, -0.2) is 29.3 Å². The standard InChI is InChI=1S/C24H25N3O4/c1-4-29-20-7-5-6-17-13-18(14-30-22(17)20)24(28)25-19-10-8-16(9-11-19)12-21-26-23(15(2)3)27-31-21/h5-11,13,15H,4,12,14H2,1-3H3,(H,25,28). The Balaban J connectivity index is 1.41. The van der Waals surface area contributed by atoms with Crippen LogP contribution >= 0.6 is 0 Å². The number of hydrogen-bond donors (Lipinski definition) is 1. The van der Waals surface area contributed by atoms with Crippen molar-refractivity contribution >= 4 is 17.7 Å². The topological polar surface area (TPSA) is 86.5 Å². The summed E-state index contributed by atoms with van der Waals surface area (Å²) in [5, 5.41) is 6.91. The van der Waals surface area contributed by atoms with Crippen molar-refractivity contribution in [3.05, 3.63) is 70.9 Å². The molecular formula is C24H25N3O4. The third kappa shape index (κ3) is 4.77. The lowest BCUT2D eigenvalue weighted by Crippen LogP contribution is -2.21. The zero-order valence-electron chi connectivity index (χ0n) is 17.8. The highest BCUT2D eigenvalue weighted by molar-refractivity contribution is 6.07. The first kappa shape index (κ1) is 20.7. The van der Waals surface area contributed by atoms with Crippen LogP contribution in [0.2, 0.25) is 0 Å². The second-order valence-corrected chi connectivity index (χ2v) is 7.59. The van der Waals surface area contributed by atoms with Crippen molar-refractivity contribution in [2.24, 2.45) is 0 Å². The smallest absolute Gasteiger partial charge is 0.255 e. The van der Waals surface area contributed by atoms with Gasteiger partial charge in [0.1, 0.15) is 6.61 Å². The number of fused-ring (bicyclic) bond motifs is 1. The molecule has 7 nitrogen and oxygen atoms in total. The van der Waals surface area contributed by atoms with Gasteiger partial charge < -0.3 is 19.3 Å². The minimum absolute atomic E-state index is 0.191. The predicted octanol–water partition coefficient (Wildman–Crippen LogP) is 4.60. The van der Waals surface area contributed by atoms with E-state index < -0.39 is 0 Å². The average Bonchev–Trinajstić information content (AvgIpc) is 3.24. The number of rotatable bonds is 7. The van der Waals surface area contributed by atoms with Crippen LogP contribution in [-0.2, 0) is 11.2 Å². The molecule has 2 aromatic carbocycles. The Morgan fingerprint density at radius 2 is 2.00 bits per heavy atom. The highest BCUT2D eigenvalue weighted by atomic mass is 16.5. The molecule has 4 rings (SSSR count). The maximum Gasteiger partial charge on any atom is 0.255 e. The van der Waals surface area contributed by atoms with Gasteiger partial charge in [0.25, 0.3) is 5.91 Å². The SMILES string of the molecule is CCOc1cccc2c1OCC(C(=O)Nc1ccc(Cc3nc(C(C)C)no3)cc1)=C2. The van der Waals surface area contributed by atoms with Gasteiger partial charge in [-0.1, -0.05) is 43.3 Å². The Morgan fingerprint density at radius 1 is 1.19 bits per heavy atom. The van der Waals surface area contributed by atoms with E-state index in [2.05, 4.69) is 15.5 Å². The number of carbonyl (C=O) groups excluding carboxylic acids is 1. The molecule has 0 saturated heterocycles. The Kier molecular flexibility index (Phi) is 6.02. The largest absolute Gasteiger partial charge is 0.490 e. The van der Waals surface area contributed by atoms with Crippen LogP contribution in [0.3, 0.4) is 0 Å². The van der Waals surface area contributed by atoms with Crippen LogP contribution in [0.5, 0.6) is 11.5 Å². The van der Waals surface area contributed by atoms with E-state index in [-0.39, 0.29) is 18.4 Å². The molecule has 1 amide bonds. The number of amides is 1. The Hall–Kier alpha value is -3.61. The van der Waals surface area contributed by atoms with Gasteiger partial charge in [-0.05, 0) is 36.8 Å². The van der Waals surface area contributed by atoms with Crippen molar-refractivity contribution in [1.29, 1.82) is 0 Å². The third-order valence-electron chi connectivity index (χ3n) is 4.87. The summed E-state index contributed by atoms with van der Waals surface area (Å²) in [7, 11) is 0. The number of aromatic nitrogens is 2. The van der Waals surface area contributed by atoms with E-state index in [1.54, 1.807) is 0 Å². The van der Waals surface area contributed by atoms with Gasteiger partial charge >= 0.3 is 0 Å². The lowest BCUT2D eigenvalue weighted by Gasteiger charge is -2.20. The molecule has 0 bridgehead atoms. The first-order valence-electron chi connectivity index (χ1n) is 10.4. The van der Waals surface area contributed by atoms with Gasteiger partial charge in [-0.25, -0.2) is 0 Å². The number of anilines is 1. The summed E-state index contributed by atoms with van der Waals surface area (Å²) in [5.41, 5.74) is 3.11. The number of ether oxygens (including phenoxy) is 2. The normalized spacial score (nSPS) is 12.7. The number of hydrogen-bond acceptors (Lipinski definition) is 6. The fourth-order valence-electron chi connectivity index (χ4n) is 3.25. The number of nitrogens with one attached hydrogen (secondary N) is 1. The Morgan fingerprint density at radius 3 is 2.71 bits per heavy atom. The van der Waals surface area contributed by atoms with Crippen molar-refractivity contribution in [2.75, 3.05) is 18.5 Å². The summed E-state index contributed by atoms with van der Waals surface area (Å²) in [4.78, 5) is 17.1. The highest BCUT2D eigenvalue weighted by Crippen LogP contribution is 2.36. The number of nitrogens with zero attached hydrogens (tertiary/aromatic N) is 2. The van der Waals surface area contributed by atoms with Crippen LogP contribution in [0, 0.1) is 0 Å². The molecule has 1 aliphatic rings. The fraction of sp³-hybridized carbons (Fsp3) is 0.292. The first-order chi connectivity index (χ1) is 15.0. The molecule has 1 aliphatic heterocycles. The van der Waals surface area contributed by atoms with Gasteiger partial charge in [0, 0.05) is 17.2 Å². The molecule has 7 heteroatoms. The minimum atomic E-state index is -0.196. The molecule has 2 heterocycles. The lowest BCUT2D eigenvalue weighted by molar-refractivity contribution is -0.113. The summed E-state index contributed by atoms with van der Waals surface area (Å²) < 4.78 is 16.7.